The van der Waals surface area contributed by atoms with Gasteiger partial charge in [-0.3, -0.25) is 0 Å². The first-order valence-corrected chi connectivity index (χ1v) is 7.05. The molecule has 0 spiro atoms. The molecule has 0 amide bonds. The average Bonchev–Trinajstić information content (AvgIpc) is 3.03. The van der Waals surface area contributed by atoms with Crippen molar-refractivity contribution in [1.29, 1.82) is 0 Å². The molecule has 5 nitrogen and oxygen atoms in total. The first-order chi connectivity index (χ1) is 9.28. The van der Waals surface area contributed by atoms with Crippen LogP contribution in [-0.4, -0.2) is 39.1 Å². The highest BCUT2D eigenvalue weighted by molar-refractivity contribution is 5.38. The Bertz CT molecular complexity index is 562. The highest BCUT2D eigenvalue weighted by atomic mass is 15.3. The Hall–Kier alpha value is -1.46. The number of hydrogen-bond donors (Lipinski definition) is 1. The minimum atomic E-state index is 0.541. The van der Waals surface area contributed by atoms with E-state index in [9.17, 15) is 0 Å². The molecule has 0 bridgehead atoms. The fourth-order valence-corrected chi connectivity index (χ4v) is 2.80. The van der Waals surface area contributed by atoms with Crippen molar-refractivity contribution in [1.82, 2.24) is 19.5 Å². The summed E-state index contributed by atoms with van der Waals surface area (Å²) >= 11 is 0. The molecule has 0 aromatic carbocycles. The zero-order chi connectivity index (χ0) is 13.2. The van der Waals surface area contributed by atoms with Gasteiger partial charge in [0.25, 0.3) is 0 Å². The van der Waals surface area contributed by atoms with E-state index in [4.69, 9.17) is 5.73 Å². The molecule has 3 heterocycles. The van der Waals surface area contributed by atoms with E-state index < -0.39 is 0 Å². The van der Waals surface area contributed by atoms with Crippen LogP contribution in [0.15, 0.2) is 18.3 Å². The summed E-state index contributed by atoms with van der Waals surface area (Å²) in [5, 5.41) is 4.57. The van der Waals surface area contributed by atoms with Crippen LogP contribution in [0.5, 0.6) is 0 Å². The van der Waals surface area contributed by atoms with Gasteiger partial charge in [0.05, 0.1) is 0 Å². The lowest BCUT2D eigenvalue weighted by molar-refractivity contribution is 0.341. The van der Waals surface area contributed by atoms with Gasteiger partial charge in [-0.2, -0.15) is 5.10 Å². The summed E-state index contributed by atoms with van der Waals surface area (Å²) in [4.78, 5) is 7.09. The van der Waals surface area contributed by atoms with Crippen molar-refractivity contribution in [2.45, 2.75) is 26.3 Å². The van der Waals surface area contributed by atoms with Crippen molar-refractivity contribution in [3.63, 3.8) is 0 Å². The molecule has 2 aromatic rings. The maximum atomic E-state index is 5.64. The van der Waals surface area contributed by atoms with Gasteiger partial charge in [-0.25, -0.2) is 9.50 Å². The second-order valence-electron chi connectivity index (χ2n) is 5.32. The third-order valence-corrected chi connectivity index (χ3v) is 3.96. The van der Waals surface area contributed by atoms with Crippen LogP contribution in [0, 0.1) is 5.92 Å². The third kappa shape index (κ3) is 2.62. The van der Waals surface area contributed by atoms with Crippen molar-refractivity contribution in [3.05, 3.63) is 29.7 Å². The van der Waals surface area contributed by atoms with Crippen LogP contribution < -0.4 is 5.73 Å². The maximum Gasteiger partial charge on any atom is 0.155 e. The molecule has 0 saturated carbocycles. The molecule has 1 saturated heterocycles. The lowest BCUT2D eigenvalue weighted by Gasteiger charge is -2.11. The lowest BCUT2D eigenvalue weighted by atomic mass is 10.1. The Balaban J connectivity index is 1.75. The first-order valence-electron chi connectivity index (χ1n) is 7.05. The smallest absolute Gasteiger partial charge is 0.155 e. The predicted octanol–water partition coefficient (Wildman–Crippen LogP) is 1.07. The van der Waals surface area contributed by atoms with E-state index in [1.807, 2.05) is 22.8 Å². The molecular weight excluding hydrogens is 238 g/mol. The van der Waals surface area contributed by atoms with E-state index in [0.717, 1.165) is 30.0 Å². The molecule has 1 aliphatic rings. The lowest BCUT2D eigenvalue weighted by Crippen LogP contribution is -2.20. The standard InChI is InChI=1S/C14H21N5/c1-2-18-6-5-11(9-18)7-13-16-14-4-3-12(8-15)10-19(14)17-13/h3-4,10-11H,2,5-9,15H2,1H3. The van der Waals surface area contributed by atoms with Crippen LogP contribution in [0.4, 0.5) is 0 Å². The third-order valence-electron chi connectivity index (χ3n) is 3.96. The number of likely N-dealkylation sites (tertiary alicyclic amines) is 1. The molecule has 3 rings (SSSR count). The quantitative estimate of drug-likeness (QED) is 0.892. The molecule has 0 radical (unpaired) electrons. The average molecular weight is 259 g/mol. The van der Waals surface area contributed by atoms with Gasteiger partial charge in [-0.1, -0.05) is 13.0 Å². The monoisotopic (exact) mass is 259 g/mol. The molecule has 2 N–H and O–H groups in total. The van der Waals surface area contributed by atoms with E-state index in [1.54, 1.807) is 0 Å². The van der Waals surface area contributed by atoms with Crippen molar-refractivity contribution >= 4 is 5.65 Å². The van der Waals surface area contributed by atoms with E-state index >= 15 is 0 Å². The Kier molecular flexibility index (Phi) is 3.48. The van der Waals surface area contributed by atoms with E-state index in [0.29, 0.717) is 12.5 Å². The van der Waals surface area contributed by atoms with Gasteiger partial charge in [-0.05, 0) is 37.1 Å². The second-order valence-corrected chi connectivity index (χ2v) is 5.32. The normalized spacial score (nSPS) is 20.4. The second kappa shape index (κ2) is 5.27. The summed E-state index contributed by atoms with van der Waals surface area (Å²) in [5.41, 5.74) is 7.64. The molecule has 1 fully saturated rings. The topological polar surface area (TPSA) is 59.5 Å². The number of hydrogen-bond acceptors (Lipinski definition) is 4. The van der Waals surface area contributed by atoms with Gasteiger partial charge in [-0.15, -0.1) is 0 Å². The van der Waals surface area contributed by atoms with Crippen LogP contribution in [0.25, 0.3) is 5.65 Å². The minimum absolute atomic E-state index is 0.541. The van der Waals surface area contributed by atoms with Crippen LogP contribution >= 0.6 is 0 Å². The molecule has 2 aromatic heterocycles. The Labute approximate surface area is 113 Å². The number of aromatic nitrogens is 3. The van der Waals surface area contributed by atoms with Gasteiger partial charge in [0.15, 0.2) is 11.5 Å². The first kappa shape index (κ1) is 12.6. The Morgan fingerprint density at radius 3 is 3.05 bits per heavy atom. The summed E-state index contributed by atoms with van der Waals surface area (Å²) < 4.78 is 1.85. The van der Waals surface area contributed by atoms with Crippen LogP contribution in [0.1, 0.15) is 24.7 Å². The fourth-order valence-electron chi connectivity index (χ4n) is 2.80. The molecular formula is C14H21N5. The van der Waals surface area contributed by atoms with Gasteiger partial charge in [0.1, 0.15) is 0 Å². The molecule has 1 aliphatic heterocycles. The van der Waals surface area contributed by atoms with Crippen molar-refractivity contribution in [3.8, 4) is 0 Å². The fraction of sp³-hybridized carbons (Fsp3) is 0.571. The summed E-state index contributed by atoms with van der Waals surface area (Å²) in [6, 6.07) is 4.01. The Morgan fingerprint density at radius 1 is 1.42 bits per heavy atom. The predicted molar refractivity (Wildman–Crippen MR) is 74.8 cm³/mol. The molecule has 0 aliphatic carbocycles. The van der Waals surface area contributed by atoms with E-state index in [-0.39, 0.29) is 0 Å². The summed E-state index contributed by atoms with van der Waals surface area (Å²) in [6.45, 7) is 6.31. The van der Waals surface area contributed by atoms with Gasteiger partial charge in [0.2, 0.25) is 0 Å². The Morgan fingerprint density at radius 2 is 2.32 bits per heavy atom. The minimum Gasteiger partial charge on any atom is -0.326 e. The molecule has 1 atom stereocenters. The maximum absolute atomic E-state index is 5.64. The number of pyridine rings is 1. The molecule has 102 valence electrons. The van der Waals surface area contributed by atoms with Gasteiger partial charge in [0, 0.05) is 25.7 Å². The van der Waals surface area contributed by atoms with Crippen molar-refractivity contribution in [2.24, 2.45) is 11.7 Å². The largest absolute Gasteiger partial charge is 0.326 e. The number of nitrogens with zero attached hydrogens (tertiary/aromatic N) is 4. The summed E-state index contributed by atoms with van der Waals surface area (Å²) in [7, 11) is 0. The number of nitrogens with two attached hydrogens (primary N) is 1. The summed E-state index contributed by atoms with van der Waals surface area (Å²) in [5.74, 6) is 1.66. The molecule has 1 unspecified atom stereocenters. The van der Waals surface area contributed by atoms with Crippen LogP contribution in [0.2, 0.25) is 0 Å². The van der Waals surface area contributed by atoms with Crippen LogP contribution in [0.3, 0.4) is 0 Å². The highest BCUT2D eigenvalue weighted by Crippen LogP contribution is 2.19. The van der Waals surface area contributed by atoms with Crippen molar-refractivity contribution in [2.75, 3.05) is 19.6 Å². The van der Waals surface area contributed by atoms with E-state index in [2.05, 4.69) is 21.9 Å². The zero-order valence-electron chi connectivity index (χ0n) is 11.4. The van der Waals surface area contributed by atoms with Gasteiger partial charge >= 0.3 is 0 Å². The number of fused-ring (bicyclic) bond motifs is 1. The molecule has 19 heavy (non-hydrogen) atoms. The van der Waals surface area contributed by atoms with Crippen molar-refractivity contribution < 1.29 is 0 Å². The SMILES string of the molecule is CCN1CCC(Cc2nc3ccc(CN)cn3n2)C1. The van der Waals surface area contributed by atoms with E-state index in [1.165, 1.54) is 19.5 Å². The van der Waals surface area contributed by atoms with Crippen LogP contribution in [-0.2, 0) is 13.0 Å². The number of rotatable bonds is 4. The summed E-state index contributed by atoms with van der Waals surface area (Å²) in [6.07, 6.45) is 4.21. The molecule has 5 heteroatoms. The van der Waals surface area contributed by atoms with Gasteiger partial charge < -0.3 is 10.6 Å². The highest BCUT2D eigenvalue weighted by Gasteiger charge is 2.22. The zero-order valence-corrected chi connectivity index (χ0v) is 11.4.